The van der Waals surface area contributed by atoms with Gasteiger partial charge in [-0.15, -0.1) is 10.2 Å². The number of aromatic amines is 1. The third-order valence-electron chi connectivity index (χ3n) is 4.92. The van der Waals surface area contributed by atoms with Crippen LogP contribution in [0, 0.1) is 0 Å². The standard InChI is InChI=1S/C20H23N7O2.CH2O2/c28-19(16-5-4-8-22-16)24-13-15-11-14(7-9-21-15)12-23-20(29)18-26-25-17-6-2-1-3-10-27(17)18;2-1-3/h4-5,7-9,11,22H,1-3,6,10,12-13H2,(H,23,29)(H,24,28);1H,(H,2,3). The number of hydrogen-bond acceptors (Lipinski definition) is 6. The molecule has 4 rings (SSSR count). The lowest BCUT2D eigenvalue weighted by molar-refractivity contribution is -0.122. The van der Waals surface area contributed by atoms with Gasteiger partial charge in [-0.25, -0.2) is 0 Å². The van der Waals surface area contributed by atoms with Crippen molar-refractivity contribution in [3.8, 4) is 0 Å². The van der Waals surface area contributed by atoms with Crippen LogP contribution in [-0.4, -0.2) is 48.1 Å². The molecule has 1 aliphatic heterocycles. The molecule has 3 aromatic heterocycles. The van der Waals surface area contributed by atoms with E-state index in [0.29, 0.717) is 30.3 Å². The number of hydrogen-bond donors (Lipinski definition) is 4. The fourth-order valence-electron chi connectivity index (χ4n) is 3.39. The van der Waals surface area contributed by atoms with Gasteiger partial charge in [-0.2, -0.15) is 0 Å². The summed E-state index contributed by atoms with van der Waals surface area (Å²) in [7, 11) is 0. The molecule has 0 unspecified atom stereocenters. The Balaban J connectivity index is 0.000000913. The quantitative estimate of drug-likeness (QED) is 0.422. The van der Waals surface area contributed by atoms with Gasteiger partial charge in [0.05, 0.1) is 12.2 Å². The monoisotopic (exact) mass is 439 g/mol. The zero-order valence-corrected chi connectivity index (χ0v) is 17.5. The van der Waals surface area contributed by atoms with Crippen LogP contribution in [0.3, 0.4) is 0 Å². The van der Waals surface area contributed by atoms with E-state index in [1.54, 1.807) is 24.5 Å². The number of H-pyrrole nitrogens is 1. The van der Waals surface area contributed by atoms with Crippen LogP contribution in [-0.2, 0) is 30.8 Å². The van der Waals surface area contributed by atoms with Crippen molar-refractivity contribution < 1.29 is 19.5 Å². The maximum Gasteiger partial charge on any atom is 0.290 e. The summed E-state index contributed by atoms with van der Waals surface area (Å²) >= 11 is 0. The Hall–Kier alpha value is -4.02. The predicted octanol–water partition coefficient (Wildman–Crippen LogP) is 1.29. The molecule has 4 N–H and O–H groups in total. The summed E-state index contributed by atoms with van der Waals surface area (Å²) in [5, 5.41) is 20.9. The Morgan fingerprint density at radius 3 is 2.72 bits per heavy atom. The summed E-state index contributed by atoms with van der Waals surface area (Å²) in [6.45, 7) is 1.18. The number of nitrogens with one attached hydrogen (secondary N) is 3. The topological polar surface area (TPSA) is 155 Å². The van der Waals surface area contributed by atoms with Crippen LogP contribution in [0.25, 0.3) is 0 Å². The number of carbonyl (C=O) groups is 3. The largest absolute Gasteiger partial charge is 0.483 e. The van der Waals surface area contributed by atoms with E-state index in [4.69, 9.17) is 9.90 Å². The van der Waals surface area contributed by atoms with Crippen molar-refractivity contribution in [2.24, 2.45) is 0 Å². The molecule has 0 fully saturated rings. The van der Waals surface area contributed by atoms with E-state index in [1.165, 1.54) is 0 Å². The maximum absolute atomic E-state index is 12.6. The molecular weight excluding hydrogens is 414 g/mol. The Kier molecular flexibility index (Phi) is 8.07. The first-order valence-corrected chi connectivity index (χ1v) is 10.3. The van der Waals surface area contributed by atoms with Crippen LogP contribution < -0.4 is 10.6 Å². The van der Waals surface area contributed by atoms with Gasteiger partial charge in [0.15, 0.2) is 0 Å². The Morgan fingerprint density at radius 2 is 1.94 bits per heavy atom. The van der Waals surface area contributed by atoms with Gasteiger partial charge in [-0.3, -0.25) is 19.4 Å². The van der Waals surface area contributed by atoms with Crippen molar-refractivity contribution in [3.05, 3.63) is 65.3 Å². The molecule has 4 heterocycles. The number of aryl methyl sites for hydroxylation is 1. The second-order valence-electron chi connectivity index (χ2n) is 7.11. The molecule has 0 spiro atoms. The first-order valence-electron chi connectivity index (χ1n) is 10.3. The minimum atomic E-state index is -0.250. The lowest BCUT2D eigenvalue weighted by Crippen LogP contribution is -2.27. The van der Waals surface area contributed by atoms with E-state index >= 15 is 0 Å². The van der Waals surface area contributed by atoms with Crippen molar-refractivity contribution in [2.75, 3.05) is 0 Å². The van der Waals surface area contributed by atoms with Gasteiger partial charge < -0.3 is 25.3 Å². The Bertz CT molecular complexity index is 1050. The van der Waals surface area contributed by atoms with E-state index in [0.717, 1.165) is 43.6 Å². The fraction of sp³-hybridized carbons (Fsp3) is 0.333. The van der Waals surface area contributed by atoms with Crippen LogP contribution in [0.2, 0.25) is 0 Å². The highest BCUT2D eigenvalue weighted by atomic mass is 16.3. The van der Waals surface area contributed by atoms with E-state index in [2.05, 4.69) is 30.8 Å². The zero-order valence-electron chi connectivity index (χ0n) is 17.5. The van der Waals surface area contributed by atoms with Gasteiger partial charge in [0.2, 0.25) is 5.82 Å². The van der Waals surface area contributed by atoms with Gasteiger partial charge in [0.1, 0.15) is 11.5 Å². The first kappa shape index (κ1) is 22.7. The highest BCUT2D eigenvalue weighted by Crippen LogP contribution is 2.14. The van der Waals surface area contributed by atoms with E-state index in [1.807, 2.05) is 16.7 Å². The normalized spacial score (nSPS) is 12.5. The van der Waals surface area contributed by atoms with Crippen molar-refractivity contribution in [1.82, 2.24) is 35.4 Å². The van der Waals surface area contributed by atoms with Crippen LogP contribution in [0.1, 0.15) is 57.5 Å². The molecular formula is C21H25N7O4. The van der Waals surface area contributed by atoms with E-state index < -0.39 is 0 Å². The minimum absolute atomic E-state index is 0.192. The molecule has 0 aliphatic carbocycles. The third-order valence-corrected chi connectivity index (χ3v) is 4.92. The molecule has 0 aromatic carbocycles. The number of carbonyl (C=O) groups excluding carboxylic acids is 2. The van der Waals surface area contributed by atoms with Crippen molar-refractivity contribution in [2.45, 2.75) is 45.3 Å². The van der Waals surface area contributed by atoms with Crippen molar-refractivity contribution in [1.29, 1.82) is 0 Å². The smallest absolute Gasteiger partial charge is 0.290 e. The Morgan fingerprint density at radius 1 is 1.12 bits per heavy atom. The highest BCUT2D eigenvalue weighted by molar-refractivity contribution is 5.92. The fourth-order valence-corrected chi connectivity index (χ4v) is 3.39. The second kappa shape index (κ2) is 11.4. The lowest BCUT2D eigenvalue weighted by atomic mass is 10.2. The van der Waals surface area contributed by atoms with Gasteiger partial charge in [-0.05, 0) is 42.7 Å². The molecule has 0 radical (unpaired) electrons. The molecule has 168 valence electrons. The number of nitrogens with zero attached hydrogens (tertiary/aromatic N) is 4. The SMILES string of the molecule is O=C(NCc1cc(CNC(=O)c2nnc3n2CCCCC3)ccn1)c1ccc[nH]1.O=CO. The number of carboxylic acid groups (broad SMARTS) is 1. The average Bonchev–Trinajstić information content (AvgIpc) is 3.42. The Labute approximate surface area is 184 Å². The molecule has 11 nitrogen and oxygen atoms in total. The van der Waals surface area contributed by atoms with Crippen molar-refractivity contribution >= 4 is 18.3 Å². The van der Waals surface area contributed by atoms with Crippen LogP contribution in [0.4, 0.5) is 0 Å². The average molecular weight is 439 g/mol. The predicted molar refractivity (Wildman–Crippen MR) is 114 cm³/mol. The van der Waals surface area contributed by atoms with Gasteiger partial charge in [0, 0.05) is 31.9 Å². The summed E-state index contributed by atoms with van der Waals surface area (Å²) in [5.41, 5.74) is 2.11. The molecule has 1 aliphatic rings. The molecule has 2 amide bonds. The summed E-state index contributed by atoms with van der Waals surface area (Å²) in [4.78, 5) is 40.1. The number of rotatable bonds is 6. The highest BCUT2D eigenvalue weighted by Gasteiger charge is 2.19. The summed E-state index contributed by atoms with van der Waals surface area (Å²) in [6.07, 6.45) is 7.49. The second-order valence-corrected chi connectivity index (χ2v) is 7.11. The molecule has 0 bridgehead atoms. The number of fused-ring (bicyclic) bond motifs is 1. The summed E-state index contributed by atoms with van der Waals surface area (Å²) < 4.78 is 1.93. The molecule has 11 heteroatoms. The van der Waals surface area contributed by atoms with Crippen molar-refractivity contribution in [3.63, 3.8) is 0 Å². The molecule has 32 heavy (non-hydrogen) atoms. The maximum atomic E-state index is 12.6. The van der Waals surface area contributed by atoms with E-state index in [9.17, 15) is 9.59 Å². The number of aromatic nitrogens is 5. The summed E-state index contributed by atoms with van der Waals surface area (Å²) in [5.74, 6) is 0.832. The van der Waals surface area contributed by atoms with Gasteiger partial charge >= 0.3 is 0 Å². The number of pyridine rings is 1. The van der Waals surface area contributed by atoms with Crippen LogP contribution in [0.5, 0.6) is 0 Å². The number of amides is 2. The third kappa shape index (κ3) is 6.00. The molecule has 0 saturated heterocycles. The molecule has 0 saturated carbocycles. The summed E-state index contributed by atoms with van der Waals surface area (Å²) in [6, 6.07) is 7.17. The lowest BCUT2D eigenvalue weighted by Gasteiger charge is -2.09. The van der Waals surface area contributed by atoms with Crippen LogP contribution in [0.15, 0.2) is 36.7 Å². The molecule has 3 aromatic rings. The van der Waals surface area contributed by atoms with Gasteiger partial charge in [-0.1, -0.05) is 6.42 Å². The van der Waals surface area contributed by atoms with Gasteiger partial charge in [0.25, 0.3) is 18.3 Å². The minimum Gasteiger partial charge on any atom is -0.483 e. The van der Waals surface area contributed by atoms with Crippen LogP contribution >= 0.6 is 0 Å². The molecule has 0 atom stereocenters. The van der Waals surface area contributed by atoms with E-state index in [-0.39, 0.29) is 18.3 Å². The zero-order chi connectivity index (χ0) is 22.8. The first-order chi connectivity index (χ1) is 15.6.